The van der Waals surface area contributed by atoms with Crippen LogP contribution in [0.2, 0.25) is 0 Å². The minimum Gasteiger partial charge on any atom is -0.278 e. The Labute approximate surface area is 296 Å². The van der Waals surface area contributed by atoms with E-state index in [-0.39, 0.29) is 0 Å². The Kier molecular flexibility index (Phi) is 6.05. The Morgan fingerprint density at radius 2 is 0.824 bits per heavy atom. The fourth-order valence-corrected chi connectivity index (χ4v) is 8.83. The molecule has 0 aliphatic heterocycles. The van der Waals surface area contributed by atoms with Crippen LogP contribution >= 0.6 is 11.3 Å². The number of hydrogen-bond donors (Lipinski definition) is 0. The largest absolute Gasteiger partial charge is 0.278 e. The smallest absolute Gasteiger partial charge is 0.240 e. The summed E-state index contributed by atoms with van der Waals surface area (Å²) in [5.74, 6) is 1.78. The first-order chi connectivity index (χ1) is 25.3. The Bertz CT molecular complexity index is 3100. The number of rotatable bonds is 4. The van der Waals surface area contributed by atoms with E-state index < -0.39 is 0 Å². The van der Waals surface area contributed by atoms with E-state index in [0.29, 0.717) is 17.7 Å². The minimum atomic E-state index is 0.574. The lowest BCUT2D eigenvalue weighted by atomic mass is 10.0. The van der Waals surface area contributed by atoms with Crippen LogP contribution in [0.5, 0.6) is 0 Å². The van der Waals surface area contributed by atoms with Crippen LogP contribution in [0.4, 0.5) is 0 Å². The lowest BCUT2D eigenvalue weighted by Gasteiger charge is -2.13. The summed E-state index contributed by atoms with van der Waals surface area (Å²) in [6, 6.07) is 57.9. The number of para-hydroxylation sites is 3. The highest BCUT2D eigenvalue weighted by atomic mass is 32.1. The first kappa shape index (κ1) is 28.2. The highest BCUT2D eigenvalue weighted by Crippen LogP contribution is 2.38. The van der Waals surface area contributed by atoms with Crippen molar-refractivity contribution < 1.29 is 0 Å². The summed E-state index contributed by atoms with van der Waals surface area (Å²) < 4.78 is 6.86. The summed E-state index contributed by atoms with van der Waals surface area (Å²) >= 11 is 1.80. The first-order valence-corrected chi connectivity index (χ1v) is 17.9. The SMILES string of the molecule is c1ccc(-c2ccc3c4ccccc4n(-c4nc(-c5ccc6c(c5)sc5ccccc56)nc(-n5c6ccccc6c6ccccc65)n4)c3c2)cc1. The van der Waals surface area contributed by atoms with Gasteiger partial charge in [-0.25, -0.2) is 0 Å². The van der Waals surface area contributed by atoms with Crippen LogP contribution in [0.25, 0.3) is 98.2 Å². The summed E-state index contributed by atoms with van der Waals surface area (Å²) in [5.41, 5.74) is 7.44. The summed E-state index contributed by atoms with van der Waals surface area (Å²) in [6.07, 6.45) is 0. The van der Waals surface area contributed by atoms with Gasteiger partial charge >= 0.3 is 0 Å². The van der Waals surface area contributed by atoms with E-state index in [1.807, 2.05) is 0 Å². The topological polar surface area (TPSA) is 48.5 Å². The molecule has 7 aromatic carbocycles. The molecule has 0 fully saturated rings. The van der Waals surface area contributed by atoms with Crippen LogP contribution in [0.1, 0.15) is 0 Å². The molecule has 0 spiro atoms. The van der Waals surface area contributed by atoms with E-state index in [2.05, 4.69) is 173 Å². The molecule has 0 N–H and O–H groups in total. The summed E-state index contributed by atoms with van der Waals surface area (Å²) in [6.45, 7) is 0. The second-order valence-electron chi connectivity index (χ2n) is 12.9. The van der Waals surface area contributed by atoms with Crippen molar-refractivity contribution in [2.24, 2.45) is 0 Å². The third kappa shape index (κ3) is 4.30. The molecule has 0 saturated carbocycles. The molecule has 0 aliphatic carbocycles. The molecule has 0 saturated heterocycles. The molecule has 5 nitrogen and oxygen atoms in total. The Morgan fingerprint density at radius 3 is 1.49 bits per heavy atom. The normalized spacial score (nSPS) is 11.9. The van der Waals surface area contributed by atoms with Crippen molar-refractivity contribution in [3.63, 3.8) is 0 Å². The fraction of sp³-hybridized carbons (Fsp3) is 0. The quantitative estimate of drug-likeness (QED) is 0.187. The predicted octanol–water partition coefficient (Wildman–Crippen LogP) is 11.8. The van der Waals surface area contributed by atoms with Gasteiger partial charge in [0, 0.05) is 47.3 Å². The maximum absolute atomic E-state index is 5.35. The molecule has 0 atom stereocenters. The van der Waals surface area contributed by atoms with Crippen LogP contribution in [-0.2, 0) is 0 Å². The van der Waals surface area contributed by atoms with Gasteiger partial charge in [-0.3, -0.25) is 9.13 Å². The van der Waals surface area contributed by atoms with Gasteiger partial charge in [0.1, 0.15) is 0 Å². The molecular weight excluding hydrogens is 643 g/mol. The van der Waals surface area contributed by atoms with E-state index in [1.165, 1.54) is 20.2 Å². The average Bonchev–Trinajstić information content (AvgIpc) is 3.85. The number of benzene rings is 7. The summed E-state index contributed by atoms with van der Waals surface area (Å²) in [5, 5.41) is 7.13. The number of fused-ring (bicyclic) bond motifs is 9. The van der Waals surface area contributed by atoms with Crippen molar-refractivity contribution in [2.45, 2.75) is 0 Å². The maximum Gasteiger partial charge on any atom is 0.240 e. The highest BCUT2D eigenvalue weighted by molar-refractivity contribution is 7.25. The zero-order valence-corrected chi connectivity index (χ0v) is 28.0. The Balaban J connectivity index is 1.23. The van der Waals surface area contributed by atoms with Crippen molar-refractivity contribution in [3.8, 4) is 34.4 Å². The average molecular weight is 670 g/mol. The zero-order valence-electron chi connectivity index (χ0n) is 27.2. The summed E-state index contributed by atoms with van der Waals surface area (Å²) in [7, 11) is 0. The molecule has 0 radical (unpaired) electrons. The van der Waals surface area contributed by atoms with Gasteiger partial charge in [-0.1, -0.05) is 127 Å². The number of aromatic nitrogens is 5. The Morgan fingerprint density at radius 1 is 0.333 bits per heavy atom. The predicted molar refractivity (Wildman–Crippen MR) is 212 cm³/mol. The van der Waals surface area contributed by atoms with Gasteiger partial charge in [0.25, 0.3) is 0 Å². The molecule has 4 aromatic heterocycles. The Hall–Kier alpha value is -6.63. The van der Waals surface area contributed by atoms with Gasteiger partial charge in [-0.15, -0.1) is 11.3 Å². The molecule has 0 bridgehead atoms. The molecule has 51 heavy (non-hydrogen) atoms. The van der Waals surface area contributed by atoms with Crippen molar-refractivity contribution in [1.29, 1.82) is 0 Å². The number of hydrogen-bond acceptors (Lipinski definition) is 4. The lowest BCUT2D eigenvalue weighted by Crippen LogP contribution is -2.10. The lowest BCUT2D eigenvalue weighted by molar-refractivity contribution is 0.893. The maximum atomic E-state index is 5.35. The number of nitrogens with zero attached hydrogens (tertiary/aromatic N) is 5. The van der Waals surface area contributed by atoms with Gasteiger partial charge in [-0.05, 0) is 47.5 Å². The van der Waals surface area contributed by atoms with E-state index >= 15 is 0 Å². The molecule has 4 heterocycles. The van der Waals surface area contributed by atoms with Crippen LogP contribution < -0.4 is 0 Å². The fourth-order valence-electron chi connectivity index (χ4n) is 7.68. The van der Waals surface area contributed by atoms with Crippen molar-refractivity contribution in [1.82, 2.24) is 24.1 Å². The van der Waals surface area contributed by atoms with Crippen LogP contribution in [0.15, 0.2) is 164 Å². The van der Waals surface area contributed by atoms with Crippen LogP contribution in [0, 0.1) is 0 Å². The van der Waals surface area contributed by atoms with Gasteiger partial charge in [0.2, 0.25) is 11.9 Å². The van der Waals surface area contributed by atoms with Crippen molar-refractivity contribution in [2.75, 3.05) is 0 Å². The molecule has 11 aromatic rings. The second kappa shape index (κ2) is 10.9. The van der Waals surface area contributed by atoms with Crippen molar-refractivity contribution >= 4 is 75.1 Å². The second-order valence-corrected chi connectivity index (χ2v) is 14.0. The molecule has 0 unspecified atom stereocenters. The van der Waals surface area contributed by atoms with E-state index in [0.717, 1.165) is 60.3 Å². The molecule has 6 heteroatoms. The summed E-state index contributed by atoms with van der Waals surface area (Å²) in [4.78, 5) is 15.9. The molecule has 238 valence electrons. The zero-order chi connectivity index (χ0) is 33.5. The molecule has 0 aliphatic rings. The van der Waals surface area contributed by atoms with Crippen molar-refractivity contribution in [3.05, 3.63) is 164 Å². The van der Waals surface area contributed by atoms with E-state index in [4.69, 9.17) is 15.0 Å². The van der Waals surface area contributed by atoms with Gasteiger partial charge in [0.05, 0.1) is 22.1 Å². The van der Waals surface area contributed by atoms with Crippen LogP contribution in [0.3, 0.4) is 0 Å². The molecule has 11 rings (SSSR count). The third-order valence-electron chi connectivity index (χ3n) is 10.0. The standard InChI is InChI=1S/C45H27N5S/c1-2-12-28(13-3-1)29-22-24-34-33-16-6-10-20-39(33)50(40(34)26-29)45-47-43(30-23-25-36-35-17-7-11-21-41(35)51-42(36)27-30)46-44(48-45)49-37-18-8-4-14-31(37)32-15-5-9-19-38(32)49/h1-27H. The first-order valence-electron chi connectivity index (χ1n) is 17.0. The highest BCUT2D eigenvalue weighted by Gasteiger charge is 2.21. The minimum absolute atomic E-state index is 0.574. The van der Waals surface area contributed by atoms with Gasteiger partial charge in [0.15, 0.2) is 5.82 Å². The van der Waals surface area contributed by atoms with E-state index in [1.54, 1.807) is 11.3 Å². The van der Waals surface area contributed by atoms with Crippen LogP contribution in [-0.4, -0.2) is 24.1 Å². The monoisotopic (exact) mass is 669 g/mol. The van der Waals surface area contributed by atoms with Gasteiger partial charge in [-0.2, -0.15) is 15.0 Å². The number of thiophene rings is 1. The van der Waals surface area contributed by atoms with E-state index in [9.17, 15) is 0 Å². The van der Waals surface area contributed by atoms with Gasteiger partial charge < -0.3 is 0 Å². The third-order valence-corrected chi connectivity index (χ3v) is 11.1. The molecule has 0 amide bonds. The molecular formula is C45H27N5S.